The van der Waals surface area contributed by atoms with Crippen molar-refractivity contribution >= 4 is 35.4 Å². The number of hydrogen-bond acceptors (Lipinski definition) is 9. The first-order chi connectivity index (χ1) is 20.2. The van der Waals surface area contributed by atoms with Crippen LogP contribution in [0.1, 0.15) is 41.4 Å². The van der Waals surface area contributed by atoms with E-state index in [1.165, 1.54) is 29.1 Å². The third-order valence-corrected chi connectivity index (χ3v) is 6.24. The van der Waals surface area contributed by atoms with Gasteiger partial charge in [0.15, 0.2) is 17.2 Å². The fraction of sp³-hybridized carbons (Fsp3) is 0.308. The van der Waals surface area contributed by atoms with Gasteiger partial charge in [0, 0.05) is 49.6 Å². The van der Waals surface area contributed by atoms with Crippen molar-refractivity contribution in [3.05, 3.63) is 53.7 Å². The van der Waals surface area contributed by atoms with Crippen molar-refractivity contribution in [1.29, 1.82) is 0 Å². The highest BCUT2D eigenvalue weighted by Gasteiger charge is 2.36. The Morgan fingerprint density at radius 2 is 1.95 bits per heavy atom. The van der Waals surface area contributed by atoms with E-state index >= 15 is 0 Å². The number of ether oxygens (including phenoxy) is 1. The van der Waals surface area contributed by atoms with E-state index in [4.69, 9.17) is 10.5 Å². The number of rotatable bonds is 13. The second-order valence-corrected chi connectivity index (χ2v) is 8.93. The summed E-state index contributed by atoms with van der Waals surface area (Å²) in [7, 11) is 0. The molecule has 0 atom stereocenters. The van der Waals surface area contributed by atoms with Gasteiger partial charge in [-0.05, 0) is 25.0 Å². The second-order valence-electron chi connectivity index (χ2n) is 8.93. The van der Waals surface area contributed by atoms with Gasteiger partial charge in [0.25, 0.3) is 12.4 Å². The van der Waals surface area contributed by atoms with Crippen LogP contribution in [0.3, 0.4) is 0 Å². The first kappa shape index (κ1) is 30.0. The van der Waals surface area contributed by atoms with Gasteiger partial charge in [-0.25, -0.2) is 9.97 Å². The van der Waals surface area contributed by atoms with Gasteiger partial charge in [0.05, 0.1) is 29.3 Å². The van der Waals surface area contributed by atoms with E-state index in [0.29, 0.717) is 24.9 Å². The molecule has 13 nitrogen and oxygen atoms in total. The molecule has 0 aliphatic carbocycles. The molecular formula is C26H28F3N9O4. The molecule has 0 saturated heterocycles. The number of nitrogens with two attached hydrogens (primary N) is 1. The topological polar surface area (TPSA) is 181 Å². The van der Waals surface area contributed by atoms with Crippen molar-refractivity contribution in [3.63, 3.8) is 0 Å². The number of H-pyrrole nitrogens is 1. The fourth-order valence-corrected chi connectivity index (χ4v) is 4.34. The van der Waals surface area contributed by atoms with Crippen LogP contribution in [0.2, 0.25) is 0 Å². The van der Waals surface area contributed by atoms with Gasteiger partial charge in [-0.15, -0.1) is 0 Å². The highest BCUT2D eigenvalue weighted by molar-refractivity contribution is 5.97. The Labute approximate surface area is 237 Å². The fourth-order valence-electron chi connectivity index (χ4n) is 4.34. The number of fused-ring (bicyclic) bond motifs is 1. The van der Waals surface area contributed by atoms with Crippen LogP contribution >= 0.6 is 0 Å². The second kappa shape index (κ2) is 13.1. The summed E-state index contributed by atoms with van der Waals surface area (Å²) in [4.78, 5) is 44.4. The Kier molecular flexibility index (Phi) is 9.36. The zero-order chi connectivity index (χ0) is 30.3. The first-order valence-corrected chi connectivity index (χ1v) is 12.9. The monoisotopic (exact) mass is 587 g/mol. The summed E-state index contributed by atoms with van der Waals surface area (Å²) in [6, 6.07) is 3.07. The molecular weight excluding hydrogens is 559 g/mol. The number of benzene rings is 1. The Morgan fingerprint density at radius 1 is 1.17 bits per heavy atom. The maximum Gasteiger partial charge on any atom is 0.433 e. The zero-order valence-corrected chi connectivity index (χ0v) is 22.4. The van der Waals surface area contributed by atoms with Crippen molar-refractivity contribution in [3.8, 4) is 17.0 Å². The first-order valence-electron chi connectivity index (χ1n) is 12.9. The number of alkyl halides is 3. The lowest BCUT2D eigenvalue weighted by atomic mass is 10.0. The number of carbonyl (C=O) groups excluding carboxylic acids is 3. The molecule has 0 fully saturated rings. The predicted molar refractivity (Wildman–Crippen MR) is 145 cm³/mol. The van der Waals surface area contributed by atoms with Gasteiger partial charge in [-0.2, -0.15) is 18.3 Å². The van der Waals surface area contributed by atoms with Gasteiger partial charge in [-0.1, -0.05) is 6.92 Å². The minimum absolute atomic E-state index is 0.0824. The van der Waals surface area contributed by atoms with Crippen molar-refractivity contribution in [2.45, 2.75) is 32.4 Å². The third kappa shape index (κ3) is 6.49. The molecule has 0 spiro atoms. The van der Waals surface area contributed by atoms with E-state index in [0.717, 1.165) is 6.20 Å². The quantitative estimate of drug-likeness (QED) is 0.116. The molecule has 0 radical (unpaired) electrons. The molecule has 6 N–H and O–H groups in total. The van der Waals surface area contributed by atoms with Crippen LogP contribution in [-0.2, 0) is 22.2 Å². The van der Waals surface area contributed by atoms with Crippen LogP contribution in [0.4, 0.5) is 24.7 Å². The van der Waals surface area contributed by atoms with Crippen LogP contribution in [-0.4, -0.2) is 62.5 Å². The normalized spacial score (nSPS) is 11.4. The Hall–Kier alpha value is -4.99. The summed E-state index contributed by atoms with van der Waals surface area (Å²) in [5.74, 6) is -0.326. The third-order valence-electron chi connectivity index (χ3n) is 6.24. The lowest BCUT2D eigenvalue weighted by molar-refractivity contribution is -0.140. The number of imidazole rings is 1. The average molecular weight is 588 g/mol. The van der Waals surface area contributed by atoms with Gasteiger partial charge < -0.3 is 26.4 Å². The zero-order valence-electron chi connectivity index (χ0n) is 22.4. The maximum absolute atomic E-state index is 13.5. The van der Waals surface area contributed by atoms with Crippen molar-refractivity contribution in [1.82, 2.24) is 35.2 Å². The minimum atomic E-state index is -4.66. The number of nitrogens with one attached hydrogen (secondary N) is 4. The molecule has 0 aliphatic heterocycles. The molecule has 3 heterocycles. The number of amides is 2. The van der Waals surface area contributed by atoms with E-state index in [2.05, 4.69) is 31.0 Å². The summed E-state index contributed by atoms with van der Waals surface area (Å²) in [5, 5.41) is 14.0. The number of carbonyl (C=O) groups is 3. The Balaban J connectivity index is 1.58. The molecule has 222 valence electrons. The van der Waals surface area contributed by atoms with Gasteiger partial charge in [0.1, 0.15) is 5.69 Å². The van der Waals surface area contributed by atoms with Crippen molar-refractivity contribution in [2.24, 2.45) is 5.73 Å². The molecule has 0 aliphatic rings. The minimum Gasteiger partial charge on any atom is -0.426 e. The van der Waals surface area contributed by atoms with Crippen molar-refractivity contribution in [2.75, 3.05) is 25.0 Å². The van der Waals surface area contributed by atoms with Crippen LogP contribution in [0, 0.1) is 0 Å². The highest BCUT2D eigenvalue weighted by Crippen LogP contribution is 2.37. The Morgan fingerprint density at radius 3 is 2.67 bits per heavy atom. The van der Waals surface area contributed by atoms with Crippen LogP contribution < -0.4 is 26.4 Å². The molecule has 0 unspecified atom stereocenters. The number of halogens is 3. The van der Waals surface area contributed by atoms with Crippen LogP contribution in [0.25, 0.3) is 16.9 Å². The van der Waals surface area contributed by atoms with E-state index in [1.54, 1.807) is 13.0 Å². The largest absolute Gasteiger partial charge is 0.433 e. The smallest absolute Gasteiger partial charge is 0.426 e. The number of nitrogens with zero attached hydrogens (tertiary/aromatic N) is 4. The summed E-state index contributed by atoms with van der Waals surface area (Å²) in [5.41, 5.74) is 5.44. The number of aromatic amines is 1. The lowest BCUT2D eigenvalue weighted by Gasteiger charge is -2.17. The van der Waals surface area contributed by atoms with Crippen molar-refractivity contribution < 1.29 is 32.3 Å². The standard InChI is InChI=1S/C26H28F3N9O4/c1-2-15-16(25(41)33-9-3-8-31-20(40)6-7-30)4-5-18(21(15)42-14-39)36-23-24-34-13-19(38(24)11-10-32-23)17-12-35-37-22(17)26(27,28)29/h4-5,10-14H,2-3,6-9,30H2,1H3,(H,31,40)(H,32,36)(H,33,41)(H,35,37). The SMILES string of the molecule is CCc1c(C(=O)NCCCNC(=O)CCN)ccc(Nc2nccn3c(-c4cn[nH]c4C(F)(F)F)cnc23)c1OC=O. The molecule has 0 saturated carbocycles. The number of hydrogen-bond donors (Lipinski definition) is 5. The number of aromatic nitrogens is 5. The molecule has 1 aromatic carbocycles. The van der Waals surface area contributed by atoms with Crippen LogP contribution in [0.5, 0.6) is 5.75 Å². The molecule has 16 heteroatoms. The molecule has 0 bridgehead atoms. The highest BCUT2D eigenvalue weighted by atomic mass is 19.4. The van der Waals surface area contributed by atoms with E-state index in [9.17, 15) is 27.6 Å². The van der Waals surface area contributed by atoms with E-state index in [1.807, 2.05) is 5.10 Å². The summed E-state index contributed by atoms with van der Waals surface area (Å²) in [6.07, 6.45) is 1.53. The average Bonchev–Trinajstić information content (AvgIpc) is 3.61. The molecule has 4 rings (SSSR count). The lowest BCUT2D eigenvalue weighted by Crippen LogP contribution is -2.31. The summed E-state index contributed by atoms with van der Waals surface area (Å²) in [6.45, 7) is 2.92. The van der Waals surface area contributed by atoms with Gasteiger partial charge in [-0.3, -0.25) is 23.9 Å². The van der Waals surface area contributed by atoms with Gasteiger partial charge in [0.2, 0.25) is 5.91 Å². The maximum atomic E-state index is 13.5. The summed E-state index contributed by atoms with van der Waals surface area (Å²) >= 11 is 0. The molecule has 42 heavy (non-hydrogen) atoms. The number of anilines is 2. The predicted octanol–water partition coefficient (Wildman–Crippen LogP) is 2.56. The molecule has 2 amide bonds. The summed E-state index contributed by atoms with van der Waals surface area (Å²) < 4.78 is 47.1. The van der Waals surface area contributed by atoms with E-state index < -0.39 is 17.8 Å². The van der Waals surface area contributed by atoms with Gasteiger partial charge >= 0.3 is 6.18 Å². The Bertz CT molecular complexity index is 1580. The molecule has 4 aromatic rings. The molecule has 3 aromatic heterocycles. The van der Waals surface area contributed by atoms with E-state index in [-0.39, 0.29) is 71.6 Å². The van der Waals surface area contributed by atoms with Crippen LogP contribution in [0.15, 0.2) is 36.9 Å².